The van der Waals surface area contributed by atoms with Gasteiger partial charge in [0.2, 0.25) is 0 Å². The van der Waals surface area contributed by atoms with E-state index in [0.717, 1.165) is 32.0 Å². The summed E-state index contributed by atoms with van der Waals surface area (Å²) in [5.41, 5.74) is 7.60. The summed E-state index contributed by atoms with van der Waals surface area (Å²) in [7, 11) is 0. The fourth-order valence-electron chi connectivity index (χ4n) is 1.76. The highest BCUT2D eigenvalue weighted by atomic mass is 35.5. The van der Waals surface area contributed by atoms with Gasteiger partial charge in [-0.1, -0.05) is 0 Å². The molecule has 0 aliphatic carbocycles. The van der Waals surface area contributed by atoms with Gasteiger partial charge in [-0.05, 0) is 24.3 Å². The third kappa shape index (κ3) is 3.35. The predicted octanol–water partition coefficient (Wildman–Crippen LogP) is 1.75. The molecule has 1 aromatic rings. The van der Waals surface area contributed by atoms with E-state index < -0.39 is 0 Å². The number of ether oxygens (including phenoxy) is 1. The molecule has 0 atom stereocenters. The Kier molecular flexibility index (Phi) is 4.23. The van der Waals surface area contributed by atoms with Gasteiger partial charge in [-0.15, -0.1) is 11.6 Å². The maximum Gasteiger partial charge on any atom is 0.115 e. The van der Waals surface area contributed by atoms with E-state index in [4.69, 9.17) is 22.1 Å². The lowest BCUT2D eigenvalue weighted by atomic mass is 10.2. The molecule has 0 radical (unpaired) electrons. The average molecular weight is 254 g/mol. The maximum atomic E-state index is 5.58. The minimum atomic E-state index is 0.255. The lowest BCUT2D eigenvalue weighted by Crippen LogP contribution is -2.36. The van der Waals surface area contributed by atoms with Gasteiger partial charge in [0.1, 0.15) is 5.84 Å². The SMILES string of the molecule is NC(CCl)=Nc1ccc(N2CCOCC2)cc1. The molecule has 17 heavy (non-hydrogen) atoms. The quantitative estimate of drug-likeness (QED) is 0.507. The highest BCUT2D eigenvalue weighted by molar-refractivity contribution is 6.28. The number of hydrogen-bond acceptors (Lipinski definition) is 3. The Labute approximate surface area is 106 Å². The third-order valence-electron chi connectivity index (χ3n) is 2.64. The van der Waals surface area contributed by atoms with Gasteiger partial charge in [0.05, 0.1) is 24.8 Å². The summed E-state index contributed by atoms with van der Waals surface area (Å²) in [4.78, 5) is 6.48. The smallest absolute Gasteiger partial charge is 0.115 e. The van der Waals surface area contributed by atoms with Crippen LogP contribution < -0.4 is 10.6 Å². The van der Waals surface area contributed by atoms with Crippen molar-refractivity contribution in [2.45, 2.75) is 0 Å². The van der Waals surface area contributed by atoms with Crippen molar-refractivity contribution in [1.29, 1.82) is 0 Å². The summed E-state index contributed by atoms with van der Waals surface area (Å²) in [6.45, 7) is 3.46. The molecule has 92 valence electrons. The van der Waals surface area contributed by atoms with Crippen LogP contribution in [0, 0.1) is 0 Å². The van der Waals surface area contributed by atoms with E-state index in [1.807, 2.05) is 24.3 Å². The summed E-state index contributed by atoms with van der Waals surface area (Å²) in [6, 6.07) is 7.99. The molecule has 4 nitrogen and oxygen atoms in total. The normalized spacial score (nSPS) is 17.2. The topological polar surface area (TPSA) is 50.8 Å². The number of aliphatic imine (C=N–C) groups is 1. The molecule has 1 heterocycles. The zero-order valence-corrected chi connectivity index (χ0v) is 10.4. The van der Waals surface area contributed by atoms with Crippen LogP contribution >= 0.6 is 11.6 Å². The third-order valence-corrected chi connectivity index (χ3v) is 2.91. The van der Waals surface area contributed by atoms with E-state index in [-0.39, 0.29) is 5.88 Å². The first kappa shape index (κ1) is 12.2. The minimum absolute atomic E-state index is 0.255. The summed E-state index contributed by atoms with van der Waals surface area (Å²) < 4.78 is 5.32. The van der Waals surface area contributed by atoms with E-state index >= 15 is 0 Å². The van der Waals surface area contributed by atoms with Crippen LogP contribution in [0.25, 0.3) is 0 Å². The molecule has 0 spiro atoms. The number of nitrogens with zero attached hydrogens (tertiary/aromatic N) is 2. The molecule has 1 aliphatic rings. The van der Waals surface area contributed by atoms with Gasteiger partial charge in [-0.25, -0.2) is 4.99 Å². The number of amidine groups is 1. The van der Waals surface area contributed by atoms with Crippen molar-refractivity contribution >= 4 is 28.8 Å². The second-order valence-electron chi connectivity index (χ2n) is 3.85. The van der Waals surface area contributed by atoms with Crippen LogP contribution in [0.15, 0.2) is 29.3 Å². The molecule has 0 aromatic heterocycles. The van der Waals surface area contributed by atoms with Gasteiger partial charge in [0.15, 0.2) is 0 Å². The van der Waals surface area contributed by atoms with Crippen molar-refractivity contribution < 1.29 is 4.74 Å². The van der Waals surface area contributed by atoms with Gasteiger partial charge < -0.3 is 15.4 Å². The molecule has 2 rings (SSSR count). The molecule has 0 saturated carbocycles. The first-order valence-electron chi connectivity index (χ1n) is 5.61. The maximum absolute atomic E-state index is 5.58. The fourth-order valence-corrected chi connectivity index (χ4v) is 1.82. The molecule has 1 aromatic carbocycles. The average Bonchev–Trinajstić information content (AvgIpc) is 2.40. The summed E-state index contributed by atoms with van der Waals surface area (Å²) in [6.07, 6.45) is 0. The Balaban J connectivity index is 2.07. The predicted molar refractivity (Wildman–Crippen MR) is 71.5 cm³/mol. The second kappa shape index (κ2) is 5.89. The van der Waals surface area contributed by atoms with Crippen molar-refractivity contribution in [2.75, 3.05) is 37.1 Å². The van der Waals surface area contributed by atoms with E-state index in [9.17, 15) is 0 Å². The van der Waals surface area contributed by atoms with Crippen LogP contribution in [0.2, 0.25) is 0 Å². The Morgan fingerprint density at radius 2 is 1.94 bits per heavy atom. The number of morpholine rings is 1. The second-order valence-corrected chi connectivity index (χ2v) is 4.12. The molecule has 0 bridgehead atoms. The Morgan fingerprint density at radius 3 is 2.53 bits per heavy atom. The van der Waals surface area contributed by atoms with E-state index in [0.29, 0.717) is 5.84 Å². The zero-order chi connectivity index (χ0) is 12.1. The molecule has 1 fully saturated rings. The van der Waals surface area contributed by atoms with Crippen molar-refractivity contribution in [1.82, 2.24) is 0 Å². The van der Waals surface area contributed by atoms with Crippen LogP contribution in [0.5, 0.6) is 0 Å². The number of halogens is 1. The van der Waals surface area contributed by atoms with Crippen LogP contribution in [0.1, 0.15) is 0 Å². The van der Waals surface area contributed by atoms with Crippen molar-refractivity contribution in [3.63, 3.8) is 0 Å². The molecule has 1 saturated heterocycles. The minimum Gasteiger partial charge on any atom is -0.386 e. The van der Waals surface area contributed by atoms with Gasteiger partial charge in [0, 0.05) is 18.8 Å². The molecular formula is C12H16ClN3O. The van der Waals surface area contributed by atoms with E-state index in [1.54, 1.807) is 0 Å². The Morgan fingerprint density at radius 1 is 1.29 bits per heavy atom. The summed E-state index contributed by atoms with van der Waals surface area (Å²) in [5, 5.41) is 0. The molecule has 5 heteroatoms. The van der Waals surface area contributed by atoms with Crippen molar-refractivity contribution in [2.24, 2.45) is 10.7 Å². The standard InChI is InChI=1S/C12H16ClN3O/c13-9-12(14)15-10-1-3-11(4-2-10)16-5-7-17-8-6-16/h1-4H,5-9H2,(H2,14,15). The van der Waals surface area contributed by atoms with Crippen molar-refractivity contribution in [3.05, 3.63) is 24.3 Å². The number of nitrogens with two attached hydrogens (primary N) is 1. The Hall–Kier alpha value is -1.26. The number of alkyl halides is 1. The van der Waals surface area contributed by atoms with Gasteiger partial charge >= 0.3 is 0 Å². The van der Waals surface area contributed by atoms with Crippen LogP contribution in [-0.4, -0.2) is 38.0 Å². The number of benzene rings is 1. The lowest BCUT2D eigenvalue weighted by Gasteiger charge is -2.28. The Bertz CT molecular complexity index is 385. The zero-order valence-electron chi connectivity index (χ0n) is 9.60. The molecular weight excluding hydrogens is 238 g/mol. The number of rotatable bonds is 3. The number of anilines is 1. The summed E-state index contributed by atoms with van der Waals surface area (Å²) in [5.74, 6) is 0.691. The first-order valence-corrected chi connectivity index (χ1v) is 6.15. The summed E-state index contributed by atoms with van der Waals surface area (Å²) >= 11 is 5.58. The van der Waals surface area contributed by atoms with Crippen LogP contribution in [0.4, 0.5) is 11.4 Å². The largest absolute Gasteiger partial charge is 0.386 e. The van der Waals surface area contributed by atoms with E-state index in [1.165, 1.54) is 5.69 Å². The van der Waals surface area contributed by atoms with Gasteiger partial charge in [-0.2, -0.15) is 0 Å². The first-order chi connectivity index (χ1) is 8.29. The van der Waals surface area contributed by atoms with Gasteiger partial charge in [-0.3, -0.25) is 0 Å². The highest BCUT2D eigenvalue weighted by Crippen LogP contribution is 2.20. The molecule has 1 aliphatic heterocycles. The lowest BCUT2D eigenvalue weighted by molar-refractivity contribution is 0.122. The monoisotopic (exact) mass is 253 g/mol. The van der Waals surface area contributed by atoms with Crippen molar-refractivity contribution in [3.8, 4) is 0 Å². The molecule has 0 amide bonds. The van der Waals surface area contributed by atoms with E-state index in [2.05, 4.69) is 9.89 Å². The fraction of sp³-hybridized carbons (Fsp3) is 0.417. The van der Waals surface area contributed by atoms with Gasteiger partial charge in [0.25, 0.3) is 0 Å². The highest BCUT2D eigenvalue weighted by Gasteiger charge is 2.10. The van der Waals surface area contributed by atoms with Crippen LogP contribution in [0.3, 0.4) is 0 Å². The molecule has 2 N–H and O–H groups in total. The number of hydrogen-bond donors (Lipinski definition) is 1. The van der Waals surface area contributed by atoms with Crippen LogP contribution in [-0.2, 0) is 4.74 Å². The molecule has 0 unspecified atom stereocenters.